The number of benzene rings is 4. The lowest BCUT2D eigenvalue weighted by atomic mass is 10.0. The molecule has 4 aromatic carbocycles. The van der Waals surface area contributed by atoms with Crippen molar-refractivity contribution in [3.8, 4) is 34.1 Å². The van der Waals surface area contributed by atoms with Crippen LogP contribution >= 0.6 is 23.5 Å². The Morgan fingerprint density at radius 2 is 0.696 bits per heavy atom. The van der Waals surface area contributed by atoms with Crippen molar-refractivity contribution in [2.24, 2.45) is 0 Å². The molecule has 0 spiro atoms. The molecule has 0 aliphatic heterocycles. The maximum absolute atomic E-state index is 11.4. The Kier molecular flexibility index (Phi) is 22.5. The summed E-state index contributed by atoms with van der Waals surface area (Å²) in [6, 6.07) is 26.4. The lowest BCUT2D eigenvalue weighted by Gasteiger charge is -2.18. The number of phenols is 2. The molecule has 0 atom stereocenters. The Labute approximate surface area is 338 Å². The first kappa shape index (κ1) is 45.2. The van der Waals surface area contributed by atoms with Crippen LogP contribution in [0.3, 0.4) is 0 Å². The molecule has 12 nitrogen and oxygen atoms in total. The van der Waals surface area contributed by atoms with Crippen LogP contribution in [0.5, 0.6) is 23.0 Å². The number of aromatic hydroxyl groups is 2. The van der Waals surface area contributed by atoms with Crippen molar-refractivity contribution in [2.75, 3.05) is 120 Å². The van der Waals surface area contributed by atoms with Gasteiger partial charge in [0, 0.05) is 35.1 Å². The third kappa shape index (κ3) is 17.3. The van der Waals surface area contributed by atoms with E-state index >= 15 is 0 Å². The van der Waals surface area contributed by atoms with Crippen LogP contribution < -0.4 is 9.47 Å². The minimum Gasteiger partial charge on any atom is -0.507 e. The van der Waals surface area contributed by atoms with Gasteiger partial charge in [0.05, 0.1) is 102 Å². The molecular formula is C42H54O12S2. The van der Waals surface area contributed by atoms with Crippen molar-refractivity contribution < 1.29 is 57.6 Å². The highest BCUT2D eigenvalue weighted by Crippen LogP contribution is 2.48. The van der Waals surface area contributed by atoms with Gasteiger partial charge in [-0.25, -0.2) is 0 Å². The molecule has 306 valence electrons. The van der Waals surface area contributed by atoms with Crippen LogP contribution in [-0.4, -0.2) is 130 Å². The van der Waals surface area contributed by atoms with Crippen molar-refractivity contribution in [2.45, 2.75) is 19.6 Å². The predicted molar refractivity (Wildman–Crippen MR) is 216 cm³/mol. The number of ether oxygens (including phenoxy) is 10. The summed E-state index contributed by atoms with van der Waals surface area (Å²) in [5.74, 6) is 1.02. The van der Waals surface area contributed by atoms with Crippen molar-refractivity contribution in [1.29, 1.82) is 0 Å². The molecule has 0 saturated heterocycles. The summed E-state index contributed by atoms with van der Waals surface area (Å²) < 4.78 is 55.8. The molecule has 0 unspecified atom stereocenters. The average Bonchev–Trinajstić information content (AvgIpc) is 3.21. The smallest absolute Gasteiger partial charge is 0.134 e. The van der Waals surface area contributed by atoms with Crippen molar-refractivity contribution in [3.63, 3.8) is 0 Å². The maximum Gasteiger partial charge on any atom is 0.134 e. The summed E-state index contributed by atoms with van der Waals surface area (Å²) in [6.07, 6.45) is 0. The molecule has 4 aromatic rings. The van der Waals surface area contributed by atoms with Crippen LogP contribution in [0.15, 0.2) is 105 Å². The van der Waals surface area contributed by atoms with Gasteiger partial charge in [0.15, 0.2) is 0 Å². The number of hydrogen-bond acceptors (Lipinski definition) is 14. The van der Waals surface area contributed by atoms with E-state index in [-0.39, 0.29) is 24.7 Å². The van der Waals surface area contributed by atoms with Gasteiger partial charge in [-0.3, -0.25) is 0 Å². The standard InChI is InChI=1S/C42H54O12S2/c1-45-13-15-47-17-19-49-21-23-51-25-27-53-39-29-35(37(43)31-41(39)55-33-9-5-3-6-10-33)36-30-40(42(32-38(36)44)56-34-11-7-4-8-12-34)54-28-26-52-24-22-50-20-18-48-16-14-46-2/h3-12,29-32,43-44H,13-28H2,1-2H3. The second-order valence-electron chi connectivity index (χ2n) is 11.8. The molecule has 56 heavy (non-hydrogen) atoms. The number of hydrogen-bond donors (Lipinski definition) is 2. The third-order valence-electron chi connectivity index (χ3n) is 7.68. The Morgan fingerprint density at radius 3 is 1.02 bits per heavy atom. The zero-order valence-electron chi connectivity index (χ0n) is 32.2. The van der Waals surface area contributed by atoms with E-state index in [1.165, 1.54) is 23.5 Å². The van der Waals surface area contributed by atoms with E-state index in [1.807, 2.05) is 60.7 Å². The van der Waals surface area contributed by atoms with Gasteiger partial charge in [0.1, 0.15) is 36.2 Å². The van der Waals surface area contributed by atoms with E-state index in [4.69, 9.17) is 47.4 Å². The van der Waals surface area contributed by atoms with Crippen LogP contribution in [0, 0.1) is 0 Å². The Balaban J connectivity index is 1.42. The fourth-order valence-corrected chi connectivity index (χ4v) is 6.81. The van der Waals surface area contributed by atoms with Gasteiger partial charge < -0.3 is 57.6 Å². The molecule has 0 fully saturated rings. The zero-order chi connectivity index (χ0) is 39.5. The van der Waals surface area contributed by atoms with E-state index in [0.717, 1.165) is 9.79 Å². The van der Waals surface area contributed by atoms with E-state index in [9.17, 15) is 10.2 Å². The van der Waals surface area contributed by atoms with Gasteiger partial charge in [-0.15, -0.1) is 0 Å². The van der Waals surface area contributed by atoms with Crippen LogP contribution in [-0.2, 0) is 37.9 Å². The highest BCUT2D eigenvalue weighted by molar-refractivity contribution is 7.99. The minimum absolute atomic E-state index is 0.0208. The van der Waals surface area contributed by atoms with E-state index in [0.29, 0.717) is 125 Å². The molecule has 0 heterocycles. The molecule has 2 N–H and O–H groups in total. The highest BCUT2D eigenvalue weighted by atomic mass is 32.2. The lowest BCUT2D eigenvalue weighted by molar-refractivity contribution is 0.0000628. The van der Waals surface area contributed by atoms with E-state index in [2.05, 4.69) is 0 Å². The Morgan fingerprint density at radius 1 is 0.393 bits per heavy atom. The Bertz CT molecular complexity index is 1510. The number of rotatable bonds is 31. The quantitative estimate of drug-likeness (QED) is 0.0496. The molecule has 4 rings (SSSR count). The molecule has 0 aliphatic rings. The zero-order valence-corrected chi connectivity index (χ0v) is 33.8. The fraction of sp³-hybridized carbons (Fsp3) is 0.429. The summed E-state index contributed by atoms with van der Waals surface area (Å²) in [5, 5.41) is 22.8. The largest absolute Gasteiger partial charge is 0.507 e. The topological polar surface area (TPSA) is 133 Å². The molecular weight excluding hydrogens is 761 g/mol. The first-order chi connectivity index (χ1) is 27.6. The van der Waals surface area contributed by atoms with Gasteiger partial charge in [0.25, 0.3) is 0 Å². The monoisotopic (exact) mass is 814 g/mol. The summed E-state index contributed by atoms with van der Waals surface area (Å²) >= 11 is 2.93. The van der Waals surface area contributed by atoms with Gasteiger partial charge in [-0.05, 0) is 48.5 Å². The lowest BCUT2D eigenvalue weighted by Crippen LogP contribution is -2.13. The Hall–Kier alpha value is -3.54. The molecule has 0 bridgehead atoms. The van der Waals surface area contributed by atoms with Gasteiger partial charge >= 0.3 is 0 Å². The predicted octanol–water partition coefficient (Wildman–Crippen LogP) is 7.22. The normalized spacial score (nSPS) is 11.2. The molecule has 0 radical (unpaired) electrons. The van der Waals surface area contributed by atoms with Crippen molar-refractivity contribution in [3.05, 3.63) is 84.9 Å². The molecule has 14 heteroatoms. The SMILES string of the molecule is COCCOCCOCCOCCOc1cc(-c2cc(OCCOCCOCCOCCOC)c(Sc3ccccc3)cc2O)c(O)cc1Sc1ccccc1. The van der Waals surface area contributed by atoms with Gasteiger partial charge in [0.2, 0.25) is 0 Å². The molecule has 0 amide bonds. The van der Waals surface area contributed by atoms with Crippen LogP contribution in [0.2, 0.25) is 0 Å². The molecule has 0 aromatic heterocycles. The molecule has 0 aliphatic carbocycles. The van der Waals surface area contributed by atoms with Crippen molar-refractivity contribution >= 4 is 23.5 Å². The summed E-state index contributed by atoms with van der Waals surface area (Å²) in [4.78, 5) is 3.37. The summed E-state index contributed by atoms with van der Waals surface area (Å²) in [6.45, 7) is 6.94. The van der Waals surface area contributed by atoms with Crippen molar-refractivity contribution in [1.82, 2.24) is 0 Å². The minimum atomic E-state index is -0.0208. The average molecular weight is 815 g/mol. The fourth-order valence-electron chi connectivity index (χ4n) is 4.94. The second-order valence-corrected chi connectivity index (χ2v) is 14.0. The third-order valence-corrected chi connectivity index (χ3v) is 9.77. The maximum atomic E-state index is 11.4. The van der Waals surface area contributed by atoms with Gasteiger partial charge in [-0.1, -0.05) is 59.9 Å². The number of phenolic OH excluding ortho intramolecular Hbond substituents is 2. The number of methoxy groups -OCH3 is 2. The van der Waals surface area contributed by atoms with Crippen LogP contribution in [0.1, 0.15) is 0 Å². The van der Waals surface area contributed by atoms with Crippen LogP contribution in [0.4, 0.5) is 0 Å². The molecule has 0 saturated carbocycles. The van der Waals surface area contributed by atoms with E-state index in [1.54, 1.807) is 38.5 Å². The van der Waals surface area contributed by atoms with Gasteiger partial charge in [-0.2, -0.15) is 0 Å². The highest BCUT2D eigenvalue weighted by Gasteiger charge is 2.20. The van der Waals surface area contributed by atoms with E-state index < -0.39 is 0 Å². The second kappa shape index (κ2) is 28.0. The first-order valence-electron chi connectivity index (χ1n) is 18.5. The summed E-state index contributed by atoms with van der Waals surface area (Å²) in [7, 11) is 3.27. The van der Waals surface area contributed by atoms with Crippen LogP contribution in [0.25, 0.3) is 11.1 Å². The summed E-state index contributed by atoms with van der Waals surface area (Å²) in [5.41, 5.74) is 0.773. The first-order valence-corrected chi connectivity index (χ1v) is 20.1.